The van der Waals surface area contributed by atoms with E-state index in [2.05, 4.69) is 21.4 Å². The number of imidazole rings is 1. The van der Waals surface area contributed by atoms with Crippen LogP contribution in [0.25, 0.3) is 0 Å². The number of aromatic nitrogens is 2. The van der Waals surface area contributed by atoms with Crippen molar-refractivity contribution in [2.45, 2.75) is 38.3 Å². The number of urea groups is 1. The third-order valence-electron chi connectivity index (χ3n) is 4.82. The molecule has 1 aromatic heterocycles. The second-order valence-electron chi connectivity index (χ2n) is 6.27. The minimum Gasteiger partial charge on any atom is -0.348 e. The van der Waals surface area contributed by atoms with Crippen LogP contribution in [0.1, 0.15) is 28.9 Å². The Bertz CT molecular complexity index is 742. The lowest BCUT2D eigenvalue weighted by atomic mass is 9.96. The highest BCUT2D eigenvalue weighted by Gasteiger charge is 2.26. The van der Waals surface area contributed by atoms with Crippen LogP contribution in [0.15, 0.2) is 24.5 Å². The molecule has 2 aliphatic rings. The number of carbonyl (C=O) groups is 1. The summed E-state index contributed by atoms with van der Waals surface area (Å²) in [7, 11) is 0. The molecule has 1 aromatic carbocycles. The number of rotatable bonds is 1. The third kappa shape index (κ3) is 2.81. The van der Waals surface area contributed by atoms with Gasteiger partial charge in [0.15, 0.2) is 0 Å². The van der Waals surface area contributed by atoms with Crippen molar-refractivity contribution < 1.29 is 4.79 Å². The van der Waals surface area contributed by atoms with Crippen molar-refractivity contribution in [1.82, 2.24) is 20.2 Å². The average Bonchev–Trinajstić information content (AvgIpc) is 3.02. The first-order valence-corrected chi connectivity index (χ1v) is 8.41. The summed E-state index contributed by atoms with van der Waals surface area (Å²) in [6.07, 6.45) is 5.27. The number of carbonyl (C=O) groups excluding carboxylic acids is 1. The summed E-state index contributed by atoms with van der Waals surface area (Å²) in [5, 5.41) is 3.92. The van der Waals surface area contributed by atoms with Gasteiger partial charge in [0.1, 0.15) is 0 Å². The zero-order valence-corrected chi connectivity index (χ0v) is 13.6. The number of benzene rings is 1. The molecule has 120 valence electrons. The fourth-order valence-electron chi connectivity index (χ4n) is 3.50. The molecule has 0 radical (unpaired) electrons. The fourth-order valence-corrected chi connectivity index (χ4v) is 3.76. The van der Waals surface area contributed by atoms with Gasteiger partial charge in [-0.3, -0.25) is 0 Å². The maximum atomic E-state index is 12.6. The van der Waals surface area contributed by atoms with E-state index >= 15 is 0 Å². The van der Waals surface area contributed by atoms with Gasteiger partial charge in [0.25, 0.3) is 0 Å². The number of fused-ring (bicyclic) bond motifs is 2. The molecule has 1 aliphatic carbocycles. The molecule has 1 unspecified atom stereocenters. The zero-order valence-electron chi connectivity index (χ0n) is 12.8. The fraction of sp³-hybridized carbons (Fsp3) is 0.412. The zero-order chi connectivity index (χ0) is 15.8. The Morgan fingerprint density at radius 2 is 2.30 bits per heavy atom. The molecule has 2 heterocycles. The van der Waals surface area contributed by atoms with Crippen LogP contribution >= 0.6 is 11.6 Å². The molecule has 0 bridgehead atoms. The van der Waals surface area contributed by atoms with E-state index in [1.54, 1.807) is 6.33 Å². The summed E-state index contributed by atoms with van der Waals surface area (Å²) < 4.78 is 0. The van der Waals surface area contributed by atoms with E-state index in [1.807, 2.05) is 17.0 Å². The van der Waals surface area contributed by atoms with E-state index in [0.29, 0.717) is 6.54 Å². The van der Waals surface area contributed by atoms with Crippen LogP contribution in [0.4, 0.5) is 4.79 Å². The van der Waals surface area contributed by atoms with E-state index in [-0.39, 0.29) is 12.1 Å². The normalized spacial score (nSPS) is 19.9. The van der Waals surface area contributed by atoms with Crippen molar-refractivity contribution in [2.75, 3.05) is 6.54 Å². The number of hydrogen-bond donors (Lipinski definition) is 2. The summed E-state index contributed by atoms with van der Waals surface area (Å²) in [5.41, 5.74) is 4.61. The Morgan fingerprint density at radius 3 is 3.22 bits per heavy atom. The lowest BCUT2D eigenvalue weighted by Gasteiger charge is -2.32. The topological polar surface area (TPSA) is 61.0 Å². The molecule has 0 spiro atoms. The van der Waals surface area contributed by atoms with Crippen LogP contribution in [0.3, 0.4) is 0 Å². The van der Waals surface area contributed by atoms with E-state index in [1.165, 1.54) is 5.56 Å². The lowest BCUT2D eigenvalue weighted by Crippen LogP contribution is -2.48. The molecule has 2 amide bonds. The summed E-state index contributed by atoms with van der Waals surface area (Å²) in [6, 6.07) is 6.13. The van der Waals surface area contributed by atoms with Gasteiger partial charge in [-0.2, -0.15) is 0 Å². The second kappa shape index (κ2) is 5.89. The maximum Gasteiger partial charge on any atom is 0.317 e. The van der Waals surface area contributed by atoms with Gasteiger partial charge in [0.2, 0.25) is 0 Å². The molecule has 0 fully saturated rings. The van der Waals surface area contributed by atoms with Crippen molar-refractivity contribution in [3.8, 4) is 0 Å². The highest BCUT2D eigenvalue weighted by atomic mass is 35.5. The Hall–Kier alpha value is -2.01. The second-order valence-corrected chi connectivity index (χ2v) is 6.67. The molecule has 2 N–H and O–H groups in total. The smallest absolute Gasteiger partial charge is 0.317 e. The maximum absolute atomic E-state index is 12.6. The third-order valence-corrected chi connectivity index (χ3v) is 5.17. The number of aryl methyl sites for hydroxylation is 1. The highest BCUT2D eigenvalue weighted by Crippen LogP contribution is 2.26. The molecule has 2 aromatic rings. The van der Waals surface area contributed by atoms with Crippen molar-refractivity contribution in [3.63, 3.8) is 0 Å². The van der Waals surface area contributed by atoms with Gasteiger partial charge >= 0.3 is 6.03 Å². The number of aromatic amines is 1. The number of H-pyrrole nitrogens is 1. The standard InChI is InChI=1S/C17H19ClN4O/c18-14-3-1-2-11-6-7-22(9-13(11)14)17(23)21-12-4-5-15-16(8-12)20-10-19-15/h1-3,10,12H,4-9H2,(H,19,20)(H,21,23). The van der Waals surface area contributed by atoms with Gasteiger partial charge in [-0.05, 0) is 36.5 Å². The average molecular weight is 331 g/mol. The van der Waals surface area contributed by atoms with Crippen LogP contribution in [-0.2, 0) is 25.8 Å². The quantitative estimate of drug-likeness (QED) is 0.844. The van der Waals surface area contributed by atoms with E-state index in [4.69, 9.17) is 11.6 Å². The van der Waals surface area contributed by atoms with Crippen LogP contribution in [0, 0.1) is 0 Å². The van der Waals surface area contributed by atoms with Gasteiger partial charge in [-0.25, -0.2) is 9.78 Å². The summed E-state index contributed by atoms with van der Waals surface area (Å²) in [4.78, 5) is 21.9. The van der Waals surface area contributed by atoms with Crippen LogP contribution < -0.4 is 5.32 Å². The van der Waals surface area contributed by atoms with Crippen LogP contribution in [0.5, 0.6) is 0 Å². The SMILES string of the molecule is O=C(NC1CCc2nc[nH]c2C1)N1CCc2cccc(Cl)c2C1. The van der Waals surface area contributed by atoms with Crippen LogP contribution in [0.2, 0.25) is 5.02 Å². The van der Waals surface area contributed by atoms with E-state index in [9.17, 15) is 4.79 Å². The molecule has 0 saturated carbocycles. The van der Waals surface area contributed by atoms with Gasteiger partial charge in [-0.1, -0.05) is 23.7 Å². The lowest BCUT2D eigenvalue weighted by molar-refractivity contribution is 0.187. The predicted octanol–water partition coefficient (Wildman–Crippen LogP) is 2.69. The van der Waals surface area contributed by atoms with E-state index < -0.39 is 0 Å². The first-order chi connectivity index (χ1) is 11.2. The van der Waals surface area contributed by atoms with E-state index in [0.717, 1.165) is 54.2 Å². The van der Waals surface area contributed by atoms with Crippen molar-refractivity contribution in [3.05, 3.63) is 52.1 Å². The Labute approximate surface area is 140 Å². The first-order valence-electron chi connectivity index (χ1n) is 8.03. The molecular weight excluding hydrogens is 312 g/mol. The number of nitrogens with zero attached hydrogens (tertiary/aromatic N) is 2. The van der Waals surface area contributed by atoms with Gasteiger partial charge in [0.05, 0.1) is 12.0 Å². The van der Waals surface area contributed by atoms with Gasteiger partial charge < -0.3 is 15.2 Å². The largest absolute Gasteiger partial charge is 0.348 e. The minimum absolute atomic E-state index is 0.00327. The molecule has 0 saturated heterocycles. The predicted molar refractivity (Wildman–Crippen MR) is 88.5 cm³/mol. The van der Waals surface area contributed by atoms with Crippen molar-refractivity contribution in [2.24, 2.45) is 0 Å². The van der Waals surface area contributed by atoms with Gasteiger partial charge in [0, 0.05) is 36.3 Å². The summed E-state index contributed by atoms with van der Waals surface area (Å²) >= 11 is 6.28. The molecular formula is C17H19ClN4O. The number of amides is 2. The molecule has 4 rings (SSSR count). The molecule has 23 heavy (non-hydrogen) atoms. The number of halogens is 1. The molecule has 1 atom stereocenters. The van der Waals surface area contributed by atoms with Gasteiger partial charge in [-0.15, -0.1) is 0 Å². The number of nitrogens with one attached hydrogen (secondary N) is 2. The minimum atomic E-state index is 0.00327. The highest BCUT2D eigenvalue weighted by molar-refractivity contribution is 6.31. The monoisotopic (exact) mass is 330 g/mol. The van der Waals surface area contributed by atoms with Crippen molar-refractivity contribution >= 4 is 17.6 Å². The van der Waals surface area contributed by atoms with Crippen LogP contribution in [-0.4, -0.2) is 33.5 Å². The number of hydrogen-bond acceptors (Lipinski definition) is 2. The Balaban J connectivity index is 1.42. The Kier molecular flexibility index (Phi) is 3.73. The first kappa shape index (κ1) is 14.6. The molecule has 6 heteroatoms. The van der Waals surface area contributed by atoms with Crippen molar-refractivity contribution in [1.29, 1.82) is 0 Å². The summed E-state index contributed by atoms with van der Waals surface area (Å²) in [5.74, 6) is 0. The molecule has 1 aliphatic heterocycles. The Morgan fingerprint density at radius 1 is 1.39 bits per heavy atom. The molecule has 5 nitrogen and oxygen atoms in total. The summed E-state index contributed by atoms with van der Waals surface area (Å²) in [6.45, 7) is 1.32.